The lowest BCUT2D eigenvalue weighted by atomic mass is 9.81. The molecule has 176 valence electrons. The number of carbonyl (C=O) groups is 2. The molecule has 3 aliphatic heterocycles. The van der Waals surface area contributed by atoms with E-state index in [0.29, 0.717) is 16.7 Å². The van der Waals surface area contributed by atoms with E-state index in [-0.39, 0.29) is 18.0 Å². The van der Waals surface area contributed by atoms with Crippen LogP contribution >= 0.6 is 0 Å². The molecule has 0 saturated carbocycles. The van der Waals surface area contributed by atoms with E-state index in [1.54, 1.807) is 6.07 Å². The maximum absolute atomic E-state index is 13.5. The number of amides is 1. The predicted octanol–water partition coefficient (Wildman–Crippen LogP) is 3.21. The minimum absolute atomic E-state index is 0.267. The molecule has 2 bridgehead atoms. The number of nitrogens with zero attached hydrogens (tertiary/aromatic N) is 2. The molecule has 3 atom stereocenters. The molecule has 3 saturated heterocycles. The van der Waals surface area contributed by atoms with Gasteiger partial charge in [-0.25, -0.2) is 4.79 Å². The van der Waals surface area contributed by atoms with Crippen LogP contribution in [0.5, 0.6) is 0 Å². The van der Waals surface area contributed by atoms with Gasteiger partial charge in [0.05, 0.1) is 13.1 Å². The number of aromatic nitrogens is 1. The van der Waals surface area contributed by atoms with Gasteiger partial charge in [0.1, 0.15) is 12.8 Å². The molecule has 1 amide bonds. The average Bonchev–Trinajstić information content (AvgIpc) is 3.38. The van der Waals surface area contributed by atoms with E-state index in [0.717, 1.165) is 37.2 Å². The van der Waals surface area contributed by atoms with Gasteiger partial charge in [0.2, 0.25) is 6.04 Å². The van der Waals surface area contributed by atoms with Crippen LogP contribution in [0.25, 0.3) is 0 Å². The van der Waals surface area contributed by atoms with Gasteiger partial charge >= 0.3 is 5.97 Å². The fourth-order valence-corrected chi connectivity index (χ4v) is 5.56. The second kappa shape index (κ2) is 9.30. The third kappa shape index (κ3) is 4.28. The lowest BCUT2D eigenvalue weighted by molar-refractivity contribution is -0.965. The molecule has 3 aromatic rings. The highest BCUT2D eigenvalue weighted by Gasteiger charge is 2.54. The number of hydrogen-bond donors (Lipinski definition) is 2. The number of fused-ring (bicyclic) bond motifs is 3. The Labute approximate surface area is 198 Å². The molecule has 3 N–H and O–H groups in total. The van der Waals surface area contributed by atoms with Crippen molar-refractivity contribution in [2.24, 2.45) is 11.7 Å². The van der Waals surface area contributed by atoms with Crippen molar-refractivity contribution in [3.8, 4) is 0 Å². The standard InChI is InChI=1S/C26H28N4O4/c27-25(31)24(21-13-16-33-29-21)30-14-11-18(12-15-30)22(17-30)34-26(32)23(19-7-3-1-4-8-19)28-20-9-5-2-6-10-20/h1-10,13,16,18,22-24,28H,11-12,14-15,17H2,(H-,27,31)/p+1/t18?,22-,23?,24?,30?/m0/s1. The van der Waals surface area contributed by atoms with Crippen LogP contribution in [0.3, 0.4) is 0 Å². The predicted molar refractivity (Wildman–Crippen MR) is 125 cm³/mol. The van der Waals surface area contributed by atoms with E-state index in [1.165, 1.54) is 6.26 Å². The molecule has 6 rings (SSSR count). The van der Waals surface area contributed by atoms with Crippen molar-refractivity contribution < 1.29 is 23.3 Å². The summed E-state index contributed by atoms with van der Waals surface area (Å²) in [5.41, 5.74) is 8.04. The third-order valence-corrected chi connectivity index (χ3v) is 7.24. The first kappa shape index (κ1) is 22.2. The zero-order chi connectivity index (χ0) is 23.5. The number of piperidine rings is 3. The summed E-state index contributed by atoms with van der Waals surface area (Å²) in [6.45, 7) is 2.12. The van der Waals surface area contributed by atoms with Gasteiger partial charge in [-0.05, 0) is 17.7 Å². The summed E-state index contributed by atoms with van der Waals surface area (Å²) < 4.78 is 11.6. The molecule has 2 aromatic carbocycles. The number of primary amides is 1. The van der Waals surface area contributed by atoms with Gasteiger partial charge in [0.15, 0.2) is 17.8 Å². The normalized spacial score (nSPS) is 25.3. The molecule has 34 heavy (non-hydrogen) atoms. The van der Waals surface area contributed by atoms with Crippen LogP contribution < -0.4 is 11.1 Å². The molecule has 8 nitrogen and oxygen atoms in total. The number of carbonyl (C=O) groups excluding carboxylic acids is 2. The molecule has 1 aromatic heterocycles. The summed E-state index contributed by atoms with van der Waals surface area (Å²) in [5, 5.41) is 7.34. The van der Waals surface area contributed by atoms with E-state index in [9.17, 15) is 9.59 Å². The Bertz CT molecular complexity index is 1110. The Morgan fingerprint density at radius 3 is 2.32 bits per heavy atom. The minimum Gasteiger partial charge on any atom is -0.454 e. The minimum atomic E-state index is -0.644. The summed E-state index contributed by atoms with van der Waals surface area (Å²) >= 11 is 0. The van der Waals surface area contributed by atoms with Crippen molar-refractivity contribution in [2.75, 3.05) is 25.0 Å². The van der Waals surface area contributed by atoms with Crippen LogP contribution in [0.15, 0.2) is 77.5 Å². The van der Waals surface area contributed by atoms with E-state index >= 15 is 0 Å². The van der Waals surface area contributed by atoms with Gasteiger partial charge in [-0.3, -0.25) is 4.79 Å². The molecule has 0 aliphatic carbocycles. The van der Waals surface area contributed by atoms with Crippen LogP contribution in [-0.4, -0.2) is 47.3 Å². The maximum Gasteiger partial charge on any atom is 0.333 e. The van der Waals surface area contributed by atoms with Crippen molar-refractivity contribution in [1.29, 1.82) is 0 Å². The number of hydrogen-bond acceptors (Lipinski definition) is 6. The highest BCUT2D eigenvalue weighted by Crippen LogP contribution is 2.42. The Kier molecular flexibility index (Phi) is 6.06. The van der Waals surface area contributed by atoms with Gasteiger partial charge in [0.25, 0.3) is 5.91 Å². The molecular weight excluding hydrogens is 432 g/mol. The van der Waals surface area contributed by atoms with Crippen molar-refractivity contribution in [2.45, 2.75) is 31.0 Å². The van der Waals surface area contributed by atoms with Gasteiger partial charge < -0.3 is 24.8 Å². The van der Waals surface area contributed by atoms with E-state index < -0.39 is 18.0 Å². The summed E-state index contributed by atoms with van der Waals surface area (Å²) in [6, 6.07) is 19.6. The fraction of sp³-hybridized carbons (Fsp3) is 0.346. The smallest absolute Gasteiger partial charge is 0.333 e. The number of ether oxygens (including phenoxy) is 1. The van der Waals surface area contributed by atoms with E-state index in [4.69, 9.17) is 15.0 Å². The van der Waals surface area contributed by atoms with E-state index in [2.05, 4.69) is 10.5 Å². The number of nitrogens with two attached hydrogens (primary N) is 1. The van der Waals surface area contributed by atoms with Crippen LogP contribution in [0.2, 0.25) is 0 Å². The quantitative estimate of drug-likeness (QED) is 0.394. The molecule has 3 fully saturated rings. The fourth-order valence-electron chi connectivity index (χ4n) is 5.56. The number of benzene rings is 2. The average molecular weight is 462 g/mol. The van der Waals surface area contributed by atoms with Gasteiger partial charge in [-0.2, -0.15) is 0 Å². The molecule has 0 spiro atoms. The second-order valence-electron chi connectivity index (χ2n) is 9.24. The summed E-state index contributed by atoms with van der Waals surface area (Å²) in [6.07, 6.45) is 2.88. The Hall–Kier alpha value is -3.65. The Morgan fingerprint density at radius 1 is 1.03 bits per heavy atom. The van der Waals surface area contributed by atoms with Crippen molar-refractivity contribution in [3.63, 3.8) is 0 Å². The van der Waals surface area contributed by atoms with Crippen LogP contribution in [0, 0.1) is 5.92 Å². The maximum atomic E-state index is 13.5. The molecule has 3 aliphatic rings. The molecule has 4 heterocycles. The molecule has 8 heteroatoms. The van der Waals surface area contributed by atoms with Crippen LogP contribution in [0.1, 0.15) is 36.2 Å². The lowest BCUT2D eigenvalue weighted by Crippen LogP contribution is -2.67. The number of nitrogens with one attached hydrogen (secondary N) is 1. The van der Waals surface area contributed by atoms with Gasteiger partial charge in [0, 0.05) is 30.5 Å². The zero-order valence-corrected chi connectivity index (χ0v) is 18.9. The Morgan fingerprint density at radius 2 is 1.71 bits per heavy atom. The zero-order valence-electron chi connectivity index (χ0n) is 18.9. The molecule has 2 unspecified atom stereocenters. The van der Waals surface area contributed by atoms with Crippen LogP contribution in [0.4, 0.5) is 5.69 Å². The number of esters is 1. The highest BCUT2D eigenvalue weighted by atomic mass is 16.5. The first-order valence-corrected chi connectivity index (χ1v) is 11.7. The SMILES string of the molecule is NC(=O)C(c1ccon1)[N+]12CCC(CC1)[C@@H](OC(=O)C(Nc1ccccc1)c1ccccc1)C2. The lowest BCUT2D eigenvalue weighted by Gasteiger charge is -2.54. The molecule has 0 radical (unpaired) electrons. The number of quaternary nitrogens is 1. The Balaban J connectivity index is 1.38. The third-order valence-electron chi connectivity index (χ3n) is 7.24. The highest BCUT2D eigenvalue weighted by molar-refractivity contribution is 5.81. The first-order valence-electron chi connectivity index (χ1n) is 11.7. The largest absolute Gasteiger partial charge is 0.454 e. The van der Waals surface area contributed by atoms with E-state index in [1.807, 2.05) is 60.7 Å². The number of para-hydroxylation sites is 1. The van der Waals surface area contributed by atoms with Gasteiger partial charge in [-0.15, -0.1) is 0 Å². The summed E-state index contributed by atoms with van der Waals surface area (Å²) in [5.74, 6) is -0.501. The number of anilines is 1. The van der Waals surface area contributed by atoms with Crippen molar-refractivity contribution in [1.82, 2.24) is 5.16 Å². The molecular formula is C26H29N4O4+. The van der Waals surface area contributed by atoms with Crippen molar-refractivity contribution in [3.05, 3.63) is 84.3 Å². The topological polar surface area (TPSA) is 107 Å². The first-order chi connectivity index (χ1) is 16.6. The monoisotopic (exact) mass is 461 g/mol. The van der Waals surface area contributed by atoms with Gasteiger partial charge in [-0.1, -0.05) is 53.7 Å². The summed E-state index contributed by atoms with van der Waals surface area (Å²) in [4.78, 5) is 26.0. The summed E-state index contributed by atoms with van der Waals surface area (Å²) in [7, 11) is 0. The van der Waals surface area contributed by atoms with Crippen molar-refractivity contribution >= 4 is 17.6 Å². The van der Waals surface area contributed by atoms with Crippen LogP contribution in [-0.2, 0) is 14.3 Å². The second-order valence-corrected chi connectivity index (χ2v) is 9.24. The number of rotatable bonds is 8.